The fourth-order valence-electron chi connectivity index (χ4n) is 2.40. The summed E-state index contributed by atoms with van der Waals surface area (Å²) in [6.45, 7) is 3.64. The molecule has 2 rings (SSSR count). The average Bonchev–Trinajstić information content (AvgIpc) is 2.97. The van der Waals surface area contributed by atoms with Gasteiger partial charge in [0.05, 0.1) is 12.6 Å². The molecule has 1 aromatic rings. The molecule has 0 aromatic carbocycles. The number of nitrogens with zero attached hydrogens (tertiary/aromatic N) is 2. The Labute approximate surface area is 128 Å². The molecule has 1 aliphatic rings. The molecular formula is C12H19N3O4S2. The third-order valence-electron chi connectivity index (χ3n) is 3.37. The first-order valence-corrected chi connectivity index (χ1v) is 9.08. The van der Waals surface area contributed by atoms with Gasteiger partial charge in [-0.25, -0.2) is 18.2 Å². The van der Waals surface area contributed by atoms with Crippen LogP contribution in [0.25, 0.3) is 0 Å². The number of ether oxygens (including phenoxy) is 1. The molecular weight excluding hydrogens is 314 g/mol. The Morgan fingerprint density at radius 3 is 3.05 bits per heavy atom. The maximum Gasteiger partial charge on any atom is 0.358 e. The maximum atomic E-state index is 12.8. The van der Waals surface area contributed by atoms with Crippen LogP contribution in [0.2, 0.25) is 0 Å². The van der Waals surface area contributed by atoms with E-state index in [4.69, 9.17) is 0 Å². The van der Waals surface area contributed by atoms with E-state index in [2.05, 4.69) is 15.0 Å². The number of carbonyl (C=O) groups is 1. The summed E-state index contributed by atoms with van der Waals surface area (Å²) in [5.41, 5.74) is 1.23. The van der Waals surface area contributed by atoms with Gasteiger partial charge in [-0.3, -0.25) is 0 Å². The average molecular weight is 333 g/mol. The van der Waals surface area contributed by atoms with E-state index in [1.54, 1.807) is 0 Å². The first-order chi connectivity index (χ1) is 10.0. The molecule has 1 saturated heterocycles. The molecule has 0 amide bonds. The SMILES string of the molecule is CCCC1CNCCN1S(=O)(=O)c1scnc1C(=O)OC. The zero-order valence-electron chi connectivity index (χ0n) is 12.0. The summed E-state index contributed by atoms with van der Waals surface area (Å²) in [5.74, 6) is -0.725. The van der Waals surface area contributed by atoms with Gasteiger partial charge in [0.1, 0.15) is 0 Å². The van der Waals surface area contributed by atoms with Gasteiger partial charge in [0.25, 0.3) is 10.0 Å². The molecule has 9 heteroatoms. The first kappa shape index (κ1) is 16.3. The normalized spacial score (nSPS) is 20.4. The molecule has 118 valence electrons. The highest BCUT2D eigenvalue weighted by Gasteiger charge is 2.37. The molecule has 0 bridgehead atoms. The zero-order valence-corrected chi connectivity index (χ0v) is 13.7. The molecule has 7 nitrogen and oxygen atoms in total. The number of hydrogen-bond donors (Lipinski definition) is 1. The summed E-state index contributed by atoms with van der Waals surface area (Å²) >= 11 is 0.952. The topological polar surface area (TPSA) is 88.6 Å². The van der Waals surface area contributed by atoms with Crippen molar-refractivity contribution in [3.63, 3.8) is 0 Å². The van der Waals surface area contributed by atoms with Crippen LogP contribution in [0.3, 0.4) is 0 Å². The van der Waals surface area contributed by atoms with Gasteiger partial charge in [0.2, 0.25) is 0 Å². The number of methoxy groups -OCH3 is 1. The number of piperazine rings is 1. The van der Waals surface area contributed by atoms with Crippen molar-refractivity contribution in [3.8, 4) is 0 Å². The lowest BCUT2D eigenvalue weighted by Crippen LogP contribution is -2.53. The lowest BCUT2D eigenvalue weighted by atomic mass is 10.1. The number of esters is 1. The van der Waals surface area contributed by atoms with Crippen LogP contribution in [0, 0.1) is 0 Å². The van der Waals surface area contributed by atoms with Gasteiger partial charge in [0, 0.05) is 25.7 Å². The second-order valence-corrected chi connectivity index (χ2v) is 7.68. The van der Waals surface area contributed by atoms with E-state index in [9.17, 15) is 13.2 Å². The van der Waals surface area contributed by atoms with Crippen molar-refractivity contribution in [2.45, 2.75) is 30.0 Å². The number of thiazole rings is 1. The molecule has 1 aromatic heterocycles. The number of rotatable bonds is 5. The van der Waals surface area contributed by atoms with Crippen LogP contribution in [-0.2, 0) is 14.8 Å². The smallest absolute Gasteiger partial charge is 0.358 e. The lowest BCUT2D eigenvalue weighted by Gasteiger charge is -2.34. The van der Waals surface area contributed by atoms with E-state index in [0.717, 1.165) is 24.2 Å². The molecule has 1 unspecified atom stereocenters. The number of hydrogen-bond acceptors (Lipinski definition) is 7. The van der Waals surface area contributed by atoms with E-state index in [1.165, 1.54) is 16.9 Å². The van der Waals surface area contributed by atoms with Crippen LogP contribution in [0.15, 0.2) is 9.72 Å². The van der Waals surface area contributed by atoms with Crippen LogP contribution in [-0.4, -0.2) is 56.5 Å². The van der Waals surface area contributed by atoms with Gasteiger partial charge in [-0.2, -0.15) is 4.31 Å². The Bertz CT molecular complexity index is 597. The molecule has 1 atom stereocenters. The molecule has 1 aliphatic heterocycles. The predicted molar refractivity (Wildman–Crippen MR) is 78.9 cm³/mol. The van der Waals surface area contributed by atoms with Gasteiger partial charge < -0.3 is 10.1 Å². The third kappa shape index (κ3) is 3.25. The monoisotopic (exact) mass is 333 g/mol. The molecule has 0 spiro atoms. The van der Waals surface area contributed by atoms with Gasteiger partial charge in [-0.1, -0.05) is 13.3 Å². The van der Waals surface area contributed by atoms with Crippen LogP contribution >= 0.6 is 11.3 Å². The molecule has 1 fully saturated rings. The van der Waals surface area contributed by atoms with Gasteiger partial charge in [-0.15, -0.1) is 11.3 Å². The summed E-state index contributed by atoms with van der Waals surface area (Å²) < 4.78 is 31.7. The molecule has 0 saturated carbocycles. The van der Waals surface area contributed by atoms with E-state index in [1.807, 2.05) is 6.92 Å². The standard InChI is InChI=1S/C12H19N3O4S2/c1-3-4-9-7-13-5-6-15(9)21(17,18)12-10(11(16)19-2)14-8-20-12/h8-9,13H,3-7H2,1-2H3. The van der Waals surface area contributed by atoms with Gasteiger partial charge in [-0.05, 0) is 6.42 Å². The van der Waals surface area contributed by atoms with Crippen molar-refractivity contribution in [1.29, 1.82) is 0 Å². The molecule has 0 aliphatic carbocycles. The second kappa shape index (κ2) is 6.82. The predicted octanol–water partition coefficient (Wildman–Crippen LogP) is 0.692. The summed E-state index contributed by atoms with van der Waals surface area (Å²) in [6, 6.07) is -0.0960. The van der Waals surface area contributed by atoms with E-state index >= 15 is 0 Å². The minimum absolute atomic E-state index is 0.0302. The number of nitrogens with one attached hydrogen (secondary N) is 1. The van der Waals surface area contributed by atoms with Crippen molar-refractivity contribution >= 4 is 27.3 Å². The van der Waals surface area contributed by atoms with Crippen molar-refractivity contribution in [3.05, 3.63) is 11.2 Å². The summed E-state index contributed by atoms with van der Waals surface area (Å²) in [6.07, 6.45) is 1.67. The Morgan fingerprint density at radius 1 is 1.62 bits per heavy atom. The summed E-state index contributed by atoms with van der Waals surface area (Å²) in [4.78, 5) is 15.5. The second-order valence-electron chi connectivity index (χ2n) is 4.74. The highest BCUT2D eigenvalue weighted by Crippen LogP contribution is 2.27. The molecule has 21 heavy (non-hydrogen) atoms. The molecule has 1 N–H and O–H groups in total. The van der Waals surface area contributed by atoms with Gasteiger partial charge >= 0.3 is 5.97 Å². The minimum atomic E-state index is -3.73. The van der Waals surface area contributed by atoms with Crippen molar-refractivity contribution in [2.75, 3.05) is 26.7 Å². The molecule has 2 heterocycles. The Morgan fingerprint density at radius 2 is 2.38 bits per heavy atom. The number of sulfonamides is 1. The van der Waals surface area contributed by atoms with Crippen molar-refractivity contribution in [1.82, 2.24) is 14.6 Å². The van der Waals surface area contributed by atoms with E-state index in [-0.39, 0.29) is 15.9 Å². The Hall–Kier alpha value is -1.03. The first-order valence-electron chi connectivity index (χ1n) is 6.76. The van der Waals surface area contributed by atoms with Crippen molar-refractivity contribution < 1.29 is 17.9 Å². The van der Waals surface area contributed by atoms with E-state index < -0.39 is 16.0 Å². The maximum absolute atomic E-state index is 12.8. The highest BCUT2D eigenvalue weighted by molar-refractivity contribution is 7.91. The fourth-order valence-corrected chi connectivity index (χ4v) is 5.30. The van der Waals surface area contributed by atoms with Crippen LogP contribution in [0.5, 0.6) is 0 Å². The van der Waals surface area contributed by atoms with Crippen LogP contribution < -0.4 is 5.32 Å². The van der Waals surface area contributed by atoms with Crippen LogP contribution in [0.1, 0.15) is 30.3 Å². The third-order valence-corrected chi connectivity index (χ3v) is 6.67. The van der Waals surface area contributed by atoms with E-state index in [0.29, 0.717) is 19.6 Å². The quantitative estimate of drug-likeness (QED) is 0.798. The molecule has 0 radical (unpaired) electrons. The lowest BCUT2D eigenvalue weighted by molar-refractivity contribution is 0.0590. The Balaban J connectivity index is 2.36. The van der Waals surface area contributed by atoms with Crippen molar-refractivity contribution in [2.24, 2.45) is 0 Å². The summed E-state index contributed by atoms with van der Waals surface area (Å²) in [7, 11) is -2.52. The summed E-state index contributed by atoms with van der Waals surface area (Å²) in [5, 5.41) is 3.21. The fraction of sp³-hybridized carbons (Fsp3) is 0.667. The number of carbonyl (C=O) groups excluding carboxylic acids is 1. The highest BCUT2D eigenvalue weighted by atomic mass is 32.2. The Kier molecular flexibility index (Phi) is 5.31. The van der Waals surface area contributed by atoms with Gasteiger partial charge in [0.15, 0.2) is 9.90 Å². The number of aromatic nitrogens is 1. The zero-order chi connectivity index (χ0) is 15.5. The largest absolute Gasteiger partial charge is 0.464 e. The van der Waals surface area contributed by atoms with Crippen LogP contribution in [0.4, 0.5) is 0 Å². The minimum Gasteiger partial charge on any atom is -0.464 e.